The molecular weight excluding hydrogens is 254 g/mol. The molecule has 1 saturated heterocycles. The van der Waals surface area contributed by atoms with Crippen LogP contribution < -0.4 is 5.32 Å². The molecule has 0 radical (unpaired) electrons. The van der Waals surface area contributed by atoms with Crippen LogP contribution in [0.1, 0.15) is 29.1 Å². The van der Waals surface area contributed by atoms with E-state index in [4.69, 9.17) is 0 Å². The van der Waals surface area contributed by atoms with Crippen LogP contribution in [0.15, 0.2) is 12.1 Å². The van der Waals surface area contributed by atoms with E-state index < -0.39 is 9.84 Å². The van der Waals surface area contributed by atoms with Gasteiger partial charge < -0.3 is 5.32 Å². The zero-order valence-electron chi connectivity index (χ0n) is 10.3. The maximum atomic E-state index is 11.6. The van der Waals surface area contributed by atoms with E-state index >= 15 is 0 Å². The zero-order chi connectivity index (χ0) is 12.5. The fraction of sp³-hybridized carbons (Fsp3) is 0.667. The fourth-order valence-electron chi connectivity index (χ4n) is 2.43. The van der Waals surface area contributed by atoms with E-state index in [1.807, 2.05) is 0 Å². The molecule has 0 amide bonds. The van der Waals surface area contributed by atoms with E-state index in [1.165, 1.54) is 9.75 Å². The van der Waals surface area contributed by atoms with E-state index in [9.17, 15) is 8.42 Å². The minimum atomic E-state index is -2.80. The second-order valence-electron chi connectivity index (χ2n) is 4.65. The molecule has 1 aromatic heterocycles. The van der Waals surface area contributed by atoms with Crippen molar-refractivity contribution in [2.75, 3.05) is 18.1 Å². The molecule has 3 nitrogen and oxygen atoms in total. The first-order valence-electron chi connectivity index (χ1n) is 6.02. The van der Waals surface area contributed by atoms with Crippen LogP contribution in [-0.2, 0) is 9.84 Å². The summed E-state index contributed by atoms with van der Waals surface area (Å²) in [6, 6.07) is 4.43. The second-order valence-corrected chi connectivity index (χ2v) is 8.20. The predicted octanol–water partition coefficient (Wildman–Crippen LogP) is 2.14. The molecule has 2 unspecified atom stereocenters. The molecule has 96 valence electrons. The Kier molecular flexibility index (Phi) is 3.90. The van der Waals surface area contributed by atoms with Crippen molar-refractivity contribution in [2.24, 2.45) is 5.92 Å². The summed E-state index contributed by atoms with van der Waals surface area (Å²) in [5.41, 5.74) is 0. The Morgan fingerprint density at radius 2 is 2.29 bits per heavy atom. The van der Waals surface area contributed by atoms with Crippen molar-refractivity contribution >= 4 is 21.2 Å². The average Bonchev–Trinajstić information content (AvgIpc) is 2.81. The number of sulfone groups is 1. The molecule has 2 atom stereocenters. The molecule has 0 aromatic carbocycles. The highest BCUT2D eigenvalue weighted by molar-refractivity contribution is 7.91. The number of hydrogen-bond acceptors (Lipinski definition) is 4. The summed E-state index contributed by atoms with van der Waals surface area (Å²) in [4.78, 5) is 2.55. The molecule has 0 aliphatic carbocycles. The summed E-state index contributed by atoms with van der Waals surface area (Å²) < 4.78 is 23.1. The van der Waals surface area contributed by atoms with Gasteiger partial charge in [0.15, 0.2) is 9.84 Å². The van der Waals surface area contributed by atoms with Gasteiger partial charge in [-0.1, -0.05) is 6.92 Å². The highest BCUT2D eigenvalue weighted by Gasteiger charge is 2.34. The smallest absolute Gasteiger partial charge is 0.150 e. The highest BCUT2D eigenvalue weighted by Crippen LogP contribution is 2.34. The first kappa shape index (κ1) is 13.1. The lowest BCUT2D eigenvalue weighted by molar-refractivity contribution is 0.406. The van der Waals surface area contributed by atoms with Gasteiger partial charge in [-0.2, -0.15) is 0 Å². The summed E-state index contributed by atoms with van der Waals surface area (Å²) in [7, 11) is -2.80. The van der Waals surface area contributed by atoms with Crippen LogP contribution in [0.4, 0.5) is 0 Å². The molecule has 1 N–H and O–H groups in total. The second kappa shape index (κ2) is 5.08. The summed E-state index contributed by atoms with van der Waals surface area (Å²) in [5, 5.41) is 3.44. The molecule has 2 heterocycles. The van der Waals surface area contributed by atoms with Gasteiger partial charge in [-0.3, -0.25) is 0 Å². The van der Waals surface area contributed by atoms with Gasteiger partial charge in [0.05, 0.1) is 11.5 Å². The molecule has 0 spiro atoms. The summed E-state index contributed by atoms with van der Waals surface area (Å²) in [6.45, 7) is 5.03. The first-order valence-corrected chi connectivity index (χ1v) is 8.66. The van der Waals surface area contributed by atoms with Crippen LogP contribution >= 0.6 is 11.3 Å². The van der Waals surface area contributed by atoms with E-state index in [1.54, 1.807) is 11.3 Å². The monoisotopic (exact) mass is 273 g/mol. The molecule has 1 aliphatic rings. The lowest BCUT2D eigenvalue weighted by Gasteiger charge is -2.22. The minimum Gasteiger partial charge on any atom is -0.309 e. The molecule has 0 saturated carbocycles. The molecule has 0 bridgehead atoms. The summed E-state index contributed by atoms with van der Waals surface area (Å²) >= 11 is 1.77. The van der Waals surface area contributed by atoms with Gasteiger partial charge in [0.25, 0.3) is 0 Å². The van der Waals surface area contributed by atoms with Crippen molar-refractivity contribution in [1.82, 2.24) is 5.32 Å². The normalized spacial score (nSPS) is 24.9. The maximum Gasteiger partial charge on any atom is 0.150 e. The van der Waals surface area contributed by atoms with Crippen molar-refractivity contribution < 1.29 is 8.42 Å². The van der Waals surface area contributed by atoms with Crippen molar-refractivity contribution in [2.45, 2.75) is 26.3 Å². The van der Waals surface area contributed by atoms with Crippen molar-refractivity contribution in [1.29, 1.82) is 0 Å². The molecule has 1 fully saturated rings. The number of rotatable bonds is 4. The van der Waals surface area contributed by atoms with Crippen LogP contribution in [0, 0.1) is 12.8 Å². The highest BCUT2D eigenvalue weighted by atomic mass is 32.2. The van der Waals surface area contributed by atoms with Gasteiger partial charge in [0.2, 0.25) is 0 Å². The third-order valence-corrected chi connectivity index (χ3v) is 6.11. The number of thiophene rings is 1. The largest absolute Gasteiger partial charge is 0.309 e. The summed E-state index contributed by atoms with van der Waals surface area (Å²) in [6.07, 6.45) is 0.789. The predicted molar refractivity (Wildman–Crippen MR) is 72.2 cm³/mol. The van der Waals surface area contributed by atoms with Crippen molar-refractivity contribution in [3.05, 3.63) is 21.9 Å². The topological polar surface area (TPSA) is 46.2 Å². The standard InChI is InChI=1S/C12H19NO2S2/c1-3-13-12(11-5-4-9(2)16-11)10-6-7-17(14,15)8-10/h4-5,10,12-13H,3,6-8H2,1-2H3. The third-order valence-electron chi connectivity index (χ3n) is 3.23. The van der Waals surface area contributed by atoms with Crippen LogP contribution in [0.2, 0.25) is 0 Å². The average molecular weight is 273 g/mol. The van der Waals surface area contributed by atoms with Gasteiger partial charge in [0.1, 0.15) is 0 Å². The zero-order valence-corrected chi connectivity index (χ0v) is 11.9. The minimum absolute atomic E-state index is 0.205. The molecule has 17 heavy (non-hydrogen) atoms. The Bertz CT molecular complexity index is 478. The van der Waals surface area contributed by atoms with Crippen LogP contribution in [0.5, 0.6) is 0 Å². The van der Waals surface area contributed by atoms with Gasteiger partial charge in [-0.25, -0.2) is 8.42 Å². The van der Waals surface area contributed by atoms with Crippen LogP contribution in [-0.4, -0.2) is 26.5 Å². The quantitative estimate of drug-likeness (QED) is 0.914. The van der Waals surface area contributed by atoms with Gasteiger partial charge in [0, 0.05) is 15.8 Å². The summed E-state index contributed by atoms with van der Waals surface area (Å²) in [5.74, 6) is 0.920. The molecule has 1 aromatic rings. The van der Waals surface area contributed by atoms with E-state index in [0.29, 0.717) is 11.5 Å². The van der Waals surface area contributed by atoms with E-state index in [-0.39, 0.29) is 12.0 Å². The van der Waals surface area contributed by atoms with Crippen molar-refractivity contribution in [3.63, 3.8) is 0 Å². The number of aryl methyl sites for hydroxylation is 1. The molecular formula is C12H19NO2S2. The SMILES string of the molecule is CCNC(c1ccc(C)s1)C1CCS(=O)(=O)C1. The Morgan fingerprint density at radius 3 is 2.76 bits per heavy atom. The maximum absolute atomic E-state index is 11.6. The lowest BCUT2D eigenvalue weighted by Crippen LogP contribution is -2.28. The van der Waals surface area contributed by atoms with Gasteiger partial charge in [-0.15, -0.1) is 11.3 Å². The van der Waals surface area contributed by atoms with E-state index in [2.05, 4.69) is 31.3 Å². The van der Waals surface area contributed by atoms with E-state index in [0.717, 1.165) is 13.0 Å². The fourth-order valence-corrected chi connectivity index (χ4v) is 5.31. The number of nitrogens with one attached hydrogen (secondary N) is 1. The number of hydrogen-bond donors (Lipinski definition) is 1. The van der Waals surface area contributed by atoms with Crippen LogP contribution in [0.25, 0.3) is 0 Å². The third kappa shape index (κ3) is 3.09. The Morgan fingerprint density at radius 1 is 1.53 bits per heavy atom. The Hall–Kier alpha value is -0.390. The van der Waals surface area contributed by atoms with Crippen molar-refractivity contribution in [3.8, 4) is 0 Å². The first-order chi connectivity index (χ1) is 8.02. The van der Waals surface area contributed by atoms with Gasteiger partial charge in [-0.05, 0) is 37.9 Å². The Balaban J connectivity index is 2.18. The lowest BCUT2D eigenvalue weighted by atomic mass is 9.98. The van der Waals surface area contributed by atoms with Crippen LogP contribution in [0.3, 0.4) is 0 Å². The molecule has 2 rings (SSSR count). The molecule has 5 heteroatoms. The molecule has 1 aliphatic heterocycles. The Labute approximate surface area is 107 Å². The van der Waals surface area contributed by atoms with Gasteiger partial charge >= 0.3 is 0 Å².